The SMILES string of the molecule is FC(F)=C(F)Oc1ccc(-c2cc(-c3ccc(OC(F)=C(F)F)cc3)cc(-c3ccc(OC(F)=C(F)F)cc3)c2)cc1. The van der Waals surface area contributed by atoms with E-state index in [4.69, 9.17) is 0 Å². The highest BCUT2D eigenvalue weighted by atomic mass is 19.3. The van der Waals surface area contributed by atoms with Gasteiger partial charge in [0.25, 0.3) is 0 Å². The summed E-state index contributed by atoms with van der Waals surface area (Å²) in [7, 11) is 0. The molecule has 0 saturated carbocycles. The van der Waals surface area contributed by atoms with Crippen LogP contribution in [0.4, 0.5) is 39.5 Å². The van der Waals surface area contributed by atoms with Crippen LogP contribution >= 0.6 is 0 Å². The van der Waals surface area contributed by atoms with Crippen LogP contribution in [-0.4, -0.2) is 0 Å². The summed E-state index contributed by atoms with van der Waals surface area (Å²) in [6, 6.07) is 15.5. The molecular weight excluding hydrogens is 579 g/mol. The number of halogens is 9. The molecule has 12 heteroatoms. The molecule has 0 aliphatic heterocycles. The fourth-order valence-electron chi connectivity index (χ4n) is 3.70. The third-order valence-corrected chi connectivity index (χ3v) is 5.56. The van der Waals surface area contributed by atoms with Crippen LogP contribution in [-0.2, 0) is 0 Å². The minimum absolute atomic E-state index is 0.191. The van der Waals surface area contributed by atoms with Crippen LogP contribution in [0.1, 0.15) is 0 Å². The first-order chi connectivity index (χ1) is 20.0. The van der Waals surface area contributed by atoms with Crippen molar-refractivity contribution in [2.75, 3.05) is 0 Å². The van der Waals surface area contributed by atoms with Crippen molar-refractivity contribution in [2.24, 2.45) is 0 Å². The van der Waals surface area contributed by atoms with Crippen molar-refractivity contribution in [3.05, 3.63) is 127 Å². The van der Waals surface area contributed by atoms with Gasteiger partial charge in [0.15, 0.2) is 0 Å². The maximum atomic E-state index is 13.2. The average molecular weight is 594 g/mol. The monoisotopic (exact) mass is 594 g/mol. The standard InChI is InChI=1S/C30H15F9O3/c31-25(32)28(37)40-22-7-1-16(2-8-22)19-13-20(17-3-9-23(10-4-17)41-29(38)26(33)34)15-21(14-19)18-5-11-24(12-6-18)42-30(39)27(35)36/h1-15H. The molecule has 4 rings (SSSR count). The van der Waals surface area contributed by atoms with Gasteiger partial charge in [0.2, 0.25) is 0 Å². The van der Waals surface area contributed by atoms with E-state index in [9.17, 15) is 39.5 Å². The highest BCUT2D eigenvalue weighted by Crippen LogP contribution is 2.35. The van der Waals surface area contributed by atoms with E-state index >= 15 is 0 Å². The summed E-state index contributed by atoms with van der Waals surface area (Å²) in [6.45, 7) is 0. The molecule has 216 valence electrons. The number of hydrogen-bond acceptors (Lipinski definition) is 3. The van der Waals surface area contributed by atoms with Gasteiger partial charge in [-0.15, -0.1) is 0 Å². The van der Waals surface area contributed by atoms with Gasteiger partial charge in [-0.3, -0.25) is 0 Å². The summed E-state index contributed by atoms with van der Waals surface area (Å²) in [5.41, 5.74) is 3.36. The lowest BCUT2D eigenvalue weighted by molar-refractivity contribution is 0.241. The number of rotatable bonds is 9. The minimum Gasteiger partial charge on any atom is -0.428 e. The van der Waals surface area contributed by atoms with E-state index in [1.807, 2.05) is 0 Å². The van der Waals surface area contributed by atoms with Crippen molar-refractivity contribution < 1.29 is 53.7 Å². The van der Waals surface area contributed by atoms with E-state index in [-0.39, 0.29) is 17.2 Å². The van der Waals surface area contributed by atoms with Gasteiger partial charge in [-0.2, -0.15) is 39.5 Å². The number of ether oxygens (including phenoxy) is 3. The normalized spacial score (nSPS) is 10.5. The zero-order valence-corrected chi connectivity index (χ0v) is 20.8. The van der Waals surface area contributed by atoms with Gasteiger partial charge in [0.1, 0.15) is 17.2 Å². The smallest absolute Gasteiger partial charge is 0.344 e. The van der Waals surface area contributed by atoms with Crippen molar-refractivity contribution in [1.29, 1.82) is 0 Å². The quantitative estimate of drug-likeness (QED) is 0.143. The Kier molecular flexibility index (Phi) is 9.25. The fraction of sp³-hybridized carbons (Fsp3) is 0. The molecule has 42 heavy (non-hydrogen) atoms. The lowest BCUT2D eigenvalue weighted by Crippen LogP contribution is -1.92. The second-order valence-corrected chi connectivity index (χ2v) is 8.28. The Morgan fingerprint density at radius 2 is 0.524 bits per heavy atom. The first-order valence-electron chi connectivity index (χ1n) is 11.6. The van der Waals surface area contributed by atoms with Crippen molar-refractivity contribution in [2.45, 2.75) is 0 Å². The lowest BCUT2D eigenvalue weighted by atomic mass is 9.93. The maximum Gasteiger partial charge on any atom is 0.344 e. The third-order valence-electron chi connectivity index (χ3n) is 5.56. The van der Waals surface area contributed by atoms with Crippen LogP contribution in [0.25, 0.3) is 33.4 Å². The second-order valence-electron chi connectivity index (χ2n) is 8.28. The Hall–Kier alpha value is -5.13. The second kappa shape index (κ2) is 13.0. The molecule has 0 N–H and O–H groups in total. The molecule has 3 nitrogen and oxygen atoms in total. The molecule has 0 radical (unpaired) electrons. The first-order valence-corrected chi connectivity index (χ1v) is 11.6. The average Bonchev–Trinajstić information content (AvgIpc) is 2.98. The Morgan fingerprint density at radius 1 is 0.310 bits per heavy atom. The highest BCUT2D eigenvalue weighted by molar-refractivity contribution is 5.81. The first kappa shape index (κ1) is 29.8. The van der Waals surface area contributed by atoms with Crippen LogP contribution in [0.3, 0.4) is 0 Å². The summed E-state index contributed by atoms with van der Waals surface area (Å²) >= 11 is 0. The molecule has 0 aliphatic carbocycles. The van der Waals surface area contributed by atoms with Gasteiger partial charge >= 0.3 is 36.3 Å². The molecule has 4 aromatic rings. The van der Waals surface area contributed by atoms with Gasteiger partial charge in [0, 0.05) is 0 Å². The number of hydrogen-bond donors (Lipinski definition) is 0. The molecule has 0 heterocycles. The Morgan fingerprint density at radius 3 is 0.714 bits per heavy atom. The lowest BCUT2D eigenvalue weighted by Gasteiger charge is -2.13. The largest absolute Gasteiger partial charge is 0.428 e. The predicted octanol–water partition coefficient (Wildman–Crippen LogP) is 10.9. The van der Waals surface area contributed by atoms with Crippen LogP contribution < -0.4 is 14.2 Å². The van der Waals surface area contributed by atoms with Crippen molar-refractivity contribution in [1.82, 2.24) is 0 Å². The minimum atomic E-state index is -2.62. The van der Waals surface area contributed by atoms with Crippen molar-refractivity contribution in [3.63, 3.8) is 0 Å². The van der Waals surface area contributed by atoms with Crippen LogP contribution in [0.15, 0.2) is 127 Å². The maximum absolute atomic E-state index is 13.2. The van der Waals surface area contributed by atoms with Gasteiger partial charge in [-0.1, -0.05) is 36.4 Å². The molecule has 0 aromatic heterocycles. The van der Waals surface area contributed by atoms with Gasteiger partial charge in [0.05, 0.1) is 0 Å². The summed E-state index contributed by atoms with van der Waals surface area (Å²) in [5, 5.41) is 0. The molecule has 0 amide bonds. The molecule has 0 saturated heterocycles. The van der Waals surface area contributed by atoms with E-state index in [2.05, 4.69) is 14.2 Å². The van der Waals surface area contributed by atoms with Crippen molar-refractivity contribution >= 4 is 0 Å². The zero-order chi connectivity index (χ0) is 30.4. The van der Waals surface area contributed by atoms with Crippen LogP contribution in [0.2, 0.25) is 0 Å². The summed E-state index contributed by atoms with van der Waals surface area (Å²) in [5.74, 6) is -0.573. The predicted molar refractivity (Wildman–Crippen MR) is 136 cm³/mol. The molecule has 0 aliphatic rings. The number of benzene rings is 4. The van der Waals surface area contributed by atoms with Gasteiger partial charge < -0.3 is 14.2 Å². The zero-order valence-electron chi connectivity index (χ0n) is 20.8. The van der Waals surface area contributed by atoms with Gasteiger partial charge in [-0.25, -0.2) is 0 Å². The Balaban J connectivity index is 1.73. The third kappa shape index (κ3) is 7.53. The molecule has 4 aromatic carbocycles. The molecule has 0 spiro atoms. The van der Waals surface area contributed by atoms with E-state index in [1.54, 1.807) is 18.2 Å². The topological polar surface area (TPSA) is 27.7 Å². The Bertz CT molecular complexity index is 1440. The molecule has 0 atom stereocenters. The Labute approximate surface area is 232 Å². The van der Waals surface area contributed by atoms with E-state index in [0.717, 1.165) is 0 Å². The van der Waals surface area contributed by atoms with Crippen LogP contribution in [0, 0.1) is 0 Å². The van der Waals surface area contributed by atoms with Gasteiger partial charge in [-0.05, 0) is 88.0 Å². The molecule has 0 fully saturated rings. The van der Waals surface area contributed by atoms with E-state index < -0.39 is 36.3 Å². The molecular formula is C30H15F9O3. The van der Waals surface area contributed by atoms with Crippen LogP contribution in [0.5, 0.6) is 17.2 Å². The van der Waals surface area contributed by atoms with E-state index in [0.29, 0.717) is 33.4 Å². The highest BCUT2D eigenvalue weighted by Gasteiger charge is 2.13. The fourth-order valence-corrected chi connectivity index (χ4v) is 3.70. The summed E-state index contributed by atoms with van der Waals surface area (Å²) < 4.78 is 127. The molecule has 0 unspecified atom stereocenters. The summed E-state index contributed by atoms with van der Waals surface area (Å²) in [4.78, 5) is 0. The summed E-state index contributed by atoms with van der Waals surface area (Å²) in [6.07, 6.45) is -7.86. The van der Waals surface area contributed by atoms with Crippen molar-refractivity contribution in [3.8, 4) is 50.6 Å². The van der Waals surface area contributed by atoms with E-state index in [1.165, 1.54) is 72.8 Å². The molecule has 0 bridgehead atoms.